The van der Waals surface area contributed by atoms with Gasteiger partial charge in [-0.3, -0.25) is 9.59 Å². The minimum atomic E-state index is -0.913. The maximum Gasteiger partial charge on any atom is 0.303 e. The second-order valence-electron chi connectivity index (χ2n) is 10.1. The van der Waals surface area contributed by atoms with E-state index >= 15 is 0 Å². The average Bonchev–Trinajstić information content (AvgIpc) is 2.82. The van der Waals surface area contributed by atoms with E-state index in [-0.39, 0.29) is 24.3 Å². The number of amides is 1. The Morgan fingerprint density at radius 3 is 2.16 bits per heavy atom. The Bertz CT molecular complexity index is 1230. The molecule has 0 bridgehead atoms. The van der Waals surface area contributed by atoms with E-state index in [1.807, 2.05) is 25.1 Å². The van der Waals surface area contributed by atoms with Gasteiger partial charge in [0.25, 0.3) is 5.91 Å². The van der Waals surface area contributed by atoms with Gasteiger partial charge in [-0.05, 0) is 67.5 Å². The van der Waals surface area contributed by atoms with E-state index in [4.69, 9.17) is 9.47 Å². The predicted molar refractivity (Wildman–Crippen MR) is 146 cm³/mol. The number of hydrogen-bond acceptors (Lipinski definition) is 4. The lowest BCUT2D eigenvalue weighted by atomic mass is 9.91. The molecule has 196 valence electrons. The molecule has 0 spiro atoms. The van der Waals surface area contributed by atoms with Gasteiger partial charge in [-0.25, -0.2) is 0 Å². The molecule has 0 aliphatic rings. The van der Waals surface area contributed by atoms with Crippen LogP contribution >= 0.6 is 0 Å². The molecule has 0 saturated heterocycles. The number of carboxylic acids is 1. The molecule has 0 aliphatic heterocycles. The van der Waals surface area contributed by atoms with Crippen molar-refractivity contribution in [1.29, 1.82) is 0 Å². The molecular weight excluding hydrogens is 466 g/mol. The van der Waals surface area contributed by atoms with E-state index in [9.17, 15) is 14.7 Å². The lowest BCUT2D eigenvalue weighted by molar-refractivity contribution is -0.137. The summed E-state index contributed by atoms with van der Waals surface area (Å²) < 4.78 is 11.3. The fraction of sp³-hybridized carbons (Fsp3) is 0.355. The molecule has 0 radical (unpaired) electrons. The average molecular weight is 504 g/mol. The number of methoxy groups -OCH3 is 1. The van der Waals surface area contributed by atoms with Crippen LogP contribution in [0.5, 0.6) is 17.2 Å². The summed E-state index contributed by atoms with van der Waals surface area (Å²) in [5.74, 6) is 0.554. The standard InChI is InChI=1S/C31H37NO5/c1-19(2)12-29(23-14-20(3)13-21(4)15-23)32-31(35)28-18-26(10-11-27(28)22(5)16-30(33)34)37-25-9-7-8-24(17-25)36-6/h7-11,13-15,17-19,22,29H,12,16H2,1-6H3,(H,32,35)(H,33,34)/t22?,29-/m1/s1. The fourth-order valence-corrected chi connectivity index (χ4v) is 4.59. The maximum absolute atomic E-state index is 13.8. The highest BCUT2D eigenvalue weighted by atomic mass is 16.5. The number of benzene rings is 3. The Kier molecular flexibility index (Phi) is 9.34. The Hall–Kier alpha value is -3.80. The van der Waals surface area contributed by atoms with E-state index in [1.54, 1.807) is 31.4 Å². The lowest BCUT2D eigenvalue weighted by Gasteiger charge is -2.24. The van der Waals surface area contributed by atoms with Crippen molar-refractivity contribution in [3.63, 3.8) is 0 Å². The second kappa shape index (κ2) is 12.4. The number of aliphatic carboxylic acids is 1. The predicted octanol–water partition coefficient (Wildman–Crippen LogP) is 7.20. The minimum Gasteiger partial charge on any atom is -0.497 e. The van der Waals surface area contributed by atoms with Crippen LogP contribution in [0.15, 0.2) is 60.7 Å². The highest BCUT2D eigenvalue weighted by Crippen LogP contribution is 2.32. The third kappa shape index (κ3) is 7.84. The van der Waals surface area contributed by atoms with Gasteiger partial charge < -0.3 is 19.9 Å². The zero-order valence-corrected chi connectivity index (χ0v) is 22.5. The van der Waals surface area contributed by atoms with Crippen LogP contribution in [0.25, 0.3) is 0 Å². The maximum atomic E-state index is 13.8. The van der Waals surface area contributed by atoms with Crippen LogP contribution in [0.4, 0.5) is 0 Å². The molecule has 1 amide bonds. The Balaban J connectivity index is 1.99. The van der Waals surface area contributed by atoms with Crippen LogP contribution in [0, 0.1) is 19.8 Å². The van der Waals surface area contributed by atoms with Crippen LogP contribution in [-0.4, -0.2) is 24.1 Å². The van der Waals surface area contributed by atoms with Gasteiger partial charge in [0.15, 0.2) is 0 Å². The molecule has 2 atom stereocenters. The topological polar surface area (TPSA) is 84.9 Å². The summed E-state index contributed by atoms with van der Waals surface area (Å²) >= 11 is 0. The van der Waals surface area contributed by atoms with E-state index in [0.717, 1.165) is 23.1 Å². The van der Waals surface area contributed by atoms with Crippen molar-refractivity contribution in [1.82, 2.24) is 5.32 Å². The number of carboxylic acid groups (broad SMARTS) is 1. The normalized spacial score (nSPS) is 12.6. The van der Waals surface area contributed by atoms with Gasteiger partial charge in [-0.2, -0.15) is 0 Å². The van der Waals surface area contributed by atoms with Crippen molar-refractivity contribution in [3.8, 4) is 17.2 Å². The summed E-state index contributed by atoms with van der Waals surface area (Å²) in [6.45, 7) is 10.2. The smallest absolute Gasteiger partial charge is 0.303 e. The Labute approximate surface area is 219 Å². The first-order valence-electron chi connectivity index (χ1n) is 12.6. The van der Waals surface area contributed by atoms with E-state index in [1.165, 1.54) is 0 Å². The number of carbonyl (C=O) groups excluding carboxylic acids is 1. The number of nitrogens with one attached hydrogen (secondary N) is 1. The van der Waals surface area contributed by atoms with Crippen molar-refractivity contribution < 1.29 is 24.2 Å². The summed E-state index contributed by atoms with van der Waals surface area (Å²) in [7, 11) is 1.59. The first-order chi connectivity index (χ1) is 17.5. The van der Waals surface area contributed by atoms with Crippen molar-refractivity contribution in [2.45, 2.75) is 59.4 Å². The number of ether oxygens (including phenoxy) is 2. The quantitative estimate of drug-likeness (QED) is 0.289. The summed E-state index contributed by atoms with van der Waals surface area (Å²) in [4.78, 5) is 25.2. The van der Waals surface area contributed by atoms with Gasteiger partial charge in [-0.15, -0.1) is 0 Å². The van der Waals surface area contributed by atoms with Crippen molar-refractivity contribution in [2.24, 2.45) is 5.92 Å². The van der Waals surface area contributed by atoms with Gasteiger partial charge in [0, 0.05) is 11.6 Å². The molecule has 0 aliphatic carbocycles. The van der Waals surface area contributed by atoms with E-state index in [0.29, 0.717) is 34.3 Å². The van der Waals surface area contributed by atoms with Crippen LogP contribution in [0.1, 0.15) is 78.2 Å². The van der Waals surface area contributed by atoms with Gasteiger partial charge >= 0.3 is 5.97 Å². The zero-order chi connectivity index (χ0) is 27.1. The van der Waals surface area contributed by atoms with Gasteiger partial charge in [0.2, 0.25) is 0 Å². The summed E-state index contributed by atoms with van der Waals surface area (Å²) in [6, 6.07) is 18.6. The number of carbonyl (C=O) groups is 2. The first-order valence-corrected chi connectivity index (χ1v) is 12.6. The molecule has 0 saturated carbocycles. The Morgan fingerprint density at radius 1 is 0.892 bits per heavy atom. The summed E-state index contributed by atoms with van der Waals surface area (Å²) in [5.41, 5.74) is 4.42. The fourth-order valence-electron chi connectivity index (χ4n) is 4.59. The number of aryl methyl sites for hydroxylation is 2. The van der Waals surface area contributed by atoms with Crippen LogP contribution in [-0.2, 0) is 4.79 Å². The molecule has 3 aromatic rings. The molecule has 6 nitrogen and oxygen atoms in total. The molecule has 3 rings (SSSR count). The summed E-state index contributed by atoms with van der Waals surface area (Å²) in [6.07, 6.45) is 0.692. The third-order valence-electron chi connectivity index (χ3n) is 6.22. The van der Waals surface area contributed by atoms with E-state index in [2.05, 4.69) is 51.2 Å². The summed E-state index contributed by atoms with van der Waals surface area (Å²) in [5, 5.41) is 12.6. The van der Waals surface area contributed by atoms with Gasteiger partial charge in [-0.1, -0.05) is 62.2 Å². The number of hydrogen-bond donors (Lipinski definition) is 2. The van der Waals surface area contributed by atoms with Crippen molar-refractivity contribution in [3.05, 3.63) is 88.5 Å². The van der Waals surface area contributed by atoms with Gasteiger partial charge in [0.05, 0.1) is 19.6 Å². The van der Waals surface area contributed by atoms with Crippen molar-refractivity contribution >= 4 is 11.9 Å². The highest BCUT2D eigenvalue weighted by molar-refractivity contribution is 5.96. The highest BCUT2D eigenvalue weighted by Gasteiger charge is 2.23. The van der Waals surface area contributed by atoms with Crippen LogP contribution < -0.4 is 14.8 Å². The molecule has 0 aromatic heterocycles. The molecule has 37 heavy (non-hydrogen) atoms. The van der Waals surface area contributed by atoms with Crippen LogP contribution in [0.3, 0.4) is 0 Å². The molecule has 0 heterocycles. The molecular formula is C31H37NO5. The molecule has 1 unspecified atom stereocenters. The largest absolute Gasteiger partial charge is 0.497 e. The van der Waals surface area contributed by atoms with Crippen molar-refractivity contribution in [2.75, 3.05) is 7.11 Å². The first kappa shape index (κ1) is 27.8. The van der Waals surface area contributed by atoms with Gasteiger partial charge in [0.1, 0.15) is 17.2 Å². The number of rotatable bonds is 11. The molecule has 0 fully saturated rings. The monoisotopic (exact) mass is 503 g/mol. The lowest BCUT2D eigenvalue weighted by Crippen LogP contribution is -2.30. The molecule has 3 aromatic carbocycles. The zero-order valence-electron chi connectivity index (χ0n) is 22.5. The van der Waals surface area contributed by atoms with Crippen LogP contribution in [0.2, 0.25) is 0 Å². The van der Waals surface area contributed by atoms with E-state index < -0.39 is 5.97 Å². The minimum absolute atomic E-state index is 0.0805. The second-order valence-corrected chi connectivity index (χ2v) is 10.1. The molecule has 6 heteroatoms. The molecule has 2 N–H and O–H groups in total. The third-order valence-corrected chi connectivity index (χ3v) is 6.22. The SMILES string of the molecule is COc1cccc(Oc2ccc(C(C)CC(=O)O)c(C(=O)N[C@H](CC(C)C)c3cc(C)cc(C)c3)c2)c1. The Morgan fingerprint density at radius 2 is 1.54 bits per heavy atom.